The van der Waals surface area contributed by atoms with Crippen molar-refractivity contribution in [2.24, 2.45) is 0 Å². The van der Waals surface area contributed by atoms with E-state index in [-0.39, 0.29) is 42.3 Å². The van der Waals surface area contributed by atoms with Crippen molar-refractivity contribution in [2.45, 2.75) is 26.7 Å². The van der Waals surface area contributed by atoms with E-state index in [0.29, 0.717) is 27.5 Å². The number of nitrogens with zero attached hydrogens (tertiary/aromatic N) is 1. The van der Waals surface area contributed by atoms with E-state index >= 15 is 4.39 Å². The molecule has 0 fully saturated rings. The number of ether oxygens (including phenoxy) is 3. The SMILES string of the molecule is CCOC(=O)Cc1ccc(-n2cc3c(OCC(F)F)c4ccccc4c(OCC)c3c2O)c(F)c1. The highest BCUT2D eigenvalue weighted by atomic mass is 19.3. The Balaban J connectivity index is 1.92. The van der Waals surface area contributed by atoms with Gasteiger partial charge in [0.2, 0.25) is 5.88 Å². The molecule has 4 aromatic rings. The summed E-state index contributed by atoms with van der Waals surface area (Å²) in [5.41, 5.74) is 0.403. The molecule has 0 spiro atoms. The van der Waals surface area contributed by atoms with Crippen LogP contribution < -0.4 is 9.47 Å². The molecule has 0 unspecified atom stereocenters. The van der Waals surface area contributed by atoms with Gasteiger partial charge in [-0.2, -0.15) is 0 Å². The summed E-state index contributed by atoms with van der Waals surface area (Å²) in [4.78, 5) is 11.7. The Labute approximate surface area is 199 Å². The van der Waals surface area contributed by atoms with Gasteiger partial charge in [0, 0.05) is 17.0 Å². The Morgan fingerprint density at radius 3 is 2.34 bits per heavy atom. The molecule has 0 saturated heterocycles. The predicted molar refractivity (Wildman–Crippen MR) is 125 cm³/mol. The van der Waals surface area contributed by atoms with E-state index in [0.717, 1.165) is 0 Å². The van der Waals surface area contributed by atoms with E-state index in [4.69, 9.17) is 14.2 Å². The monoisotopic (exact) mass is 487 g/mol. The summed E-state index contributed by atoms with van der Waals surface area (Å²) in [6, 6.07) is 11.1. The molecule has 0 aliphatic rings. The van der Waals surface area contributed by atoms with Crippen molar-refractivity contribution in [1.29, 1.82) is 0 Å². The van der Waals surface area contributed by atoms with Gasteiger partial charge in [0.1, 0.15) is 23.9 Å². The largest absolute Gasteiger partial charge is 0.494 e. The smallest absolute Gasteiger partial charge is 0.310 e. The molecule has 0 aliphatic carbocycles. The van der Waals surface area contributed by atoms with Gasteiger partial charge in [-0.3, -0.25) is 9.36 Å². The molecule has 1 N–H and O–H groups in total. The third-order valence-electron chi connectivity index (χ3n) is 5.44. The third-order valence-corrected chi connectivity index (χ3v) is 5.44. The van der Waals surface area contributed by atoms with Crippen LogP contribution in [0.25, 0.3) is 27.2 Å². The number of carbonyl (C=O) groups excluding carboxylic acids is 1. The van der Waals surface area contributed by atoms with Crippen LogP contribution >= 0.6 is 0 Å². The van der Waals surface area contributed by atoms with Crippen LogP contribution in [-0.2, 0) is 16.0 Å². The standard InChI is InChI=1S/C26H24F3NO5/c1-3-33-22(31)12-15-9-10-20(19(27)11-15)30-13-18-23(26(30)32)25(34-4-2)17-8-6-5-7-16(17)24(18)35-14-21(28)29/h5-11,13,21,32H,3-4,12,14H2,1-2H3. The molecular formula is C26H24F3NO5. The lowest BCUT2D eigenvalue weighted by molar-refractivity contribution is -0.142. The second kappa shape index (κ2) is 10.2. The van der Waals surface area contributed by atoms with E-state index < -0.39 is 24.8 Å². The minimum Gasteiger partial charge on any atom is -0.494 e. The lowest BCUT2D eigenvalue weighted by atomic mass is 10.0. The van der Waals surface area contributed by atoms with Crippen LogP contribution in [0.2, 0.25) is 0 Å². The number of aromatic hydroxyl groups is 1. The Hall–Kier alpha value is -3.88. The first-order valence-electron chi connectivity index (χ1n) is 11.1. The molecule has 1 heterocycles. The molecule has 0 atom stereocenters. The molecule has 3 aromatic carbocycles. The number of benzene rings is 3. The van der Waals surface area contributed by atoms with Crippen molar-refractivity contribution in [3.05, 3.63) is 60.0 Å². The normalized spacial score (nSPS) is 11.4. The second-order valence-corrected chi connectivity index (χ2v) is 7.72. The first-order chi connectivity index (χ1) is 16.8. The van der Waals surface area contributed by atoms with Crippen molar-refractivity contribution in [3.63, 3.8) is 0 Å². The van der Waals surface area contributed by atoms with E-state index in [2.05, 4.69) is 0 Å². The number of carbonyl (C=O) groups is 1. The summed E-state index contributed by atoms with van der Waals surface area (Å²) in [5, 5.41) is 12.7. The van der Waals surface area contributed by atoms with Crippen LogP contribution in [0.1, 0.15) is 19.4 Å². The van der Waals surface area contributed by atoms with E-state index in [1.807, 2.05) is 0 Å². The van der Waals surface area contributed by atoms with E-state index in [9.17, 15) is 18.7 Å². The highest BCUT2D eigenvalue weighted by Crippen LogP contribution is 2.48. The van der Waals surface area contributed by atoms with Crippen molar-refractivity contribution in [1.82, 2.24) is 4.57 Å². The Morgan fingerprint density at radius 2 is 1.71 bits per heavy atom. The van der Waals surface area contributed by atoms with E-state index in [1.165, 1.54) is 22.9 Å². The van der Waals surface area contributed by atoms with Crippen molar-refractivity contribution in [2.75, 3.05) is 19.8 Å². The Bertz CT molecular complexity index is 1380. The maximum atomic E-state index is 15.1. The van der Waals surface area contributed by atoms with Gasteiger partial charge in [-0.25, -0.2) is 13.2 Å². The summed E-state index contributed by atoms with van der Waals surface area (Å²) < 4.78 is 58.5. The second-order valence-electron chi connectivity index (χ2n) is 7.72. The topological polar surface area (TPSA) is 69.9 Å². The summed E-state index contributed by atoms with van der Waals surface area (Å²) in [7, 11) is 0. The predicted octanol–water partition coefficient (Wildman–Crippen LogP) is 5.78. The van der Waals surface area contributed by atoms with Gasteiger partial charge in [-0.05, 0) is 31.5 Å². The fourth-order valence-electron chi connectivity index (χ4n) is 4.06. The average Bonchev–Trinajstić information content (AvgIpc) is 3.15. The maximum absolute atomic E-state index is 15.1. The Kier molecular flexibility index (Phi) is 7.04. The molecular weight excluding hydrogens is 463 g/mol. The van der Waals surface area contributed by atoms with Crippen LogP contribution in [-0.4, -0.2) is 41.9 Å². The zero-order valence-electron chi connectivity index (χ0n) is 19.2. The zero-order chi connectivity index (χ0) is 25.1. The number of aromatic nitrogens is 1. The van der Waals surface area contributed by atoms with Crippen LogP contribution in [0.3, 0.4) is 0 Å². The minimum atomic E-state index is -2.71. The summed E-state index contributed by atoms with van der Waals surface area (Å²) in [5.74, 6) is -1.05. The lowest BCUT2D eigenvalue weighted by Crippen LogP contribution is -2.08. The molecule has 0 bridgehead atoms. The van der Waals surface area contributed by atoms with Crippen LogP contribution in [0.5, 0.6) is 17.4 Å². The number of halogens is 3. The number of rotatable bonds is 9. The van der Waals surface area contributed by atoms with Gasteiger partial charge in [0.15, 0.2) is 0 Å². The fourth-order valence-corrected chi connectivity index (χ4v) is 4.06. The van der Waals surface area contributed by atoms with Crippen molar-refractivity contribution in [3.8, 4) is 23.1 Å². The van der Waals surface area contributed by atoms with Gasteiger partial charge in [0.05, 0.1) is 36.1 Å². The number of alkyl halides is 2. The lowest BCUT2D eigenvalue weighted by Gasteiger charge is -2.15. The van der Waals surface area contributed by atoms with Gasteiger partial charge in [-0.15, -0.1) is 0 Å². The van der Waals surface area contributed by atoms with Gasteiger partial charge in [-0.1, -0.05) is 30.3 Å². The van der Waals surface area contributed by atoms with Gasteiger partial charge < -0.3 is 19.3 Å². The molecule has 0 aliphatic heterocycles. The Morgan fingerprint density at radius 1 is 1.00 bits per heavy atom. The minimum absolute atomic E-state index is 0.00220. The highest BCUT2D eigenvalue weighted by Gasteiger charge is 2.24. The molecule has 1 aromatic heterocycles. The summed E-state index contributed by atoms with van der Waals surface area (Å²) >= 11 is 0. The number of hydrogen-bond acceptors (Lipinski definition) is 5. The van der Waals surface area contributed by atoms with Gasteiger partial charge >= 0.3 is 5.97 Å². The first-order valence-corrected chi connectivity index (χ1v) is 11.1. The number of fused-ring (bicyclic) bond motifs is 2. The molecule has 35 heavy (non-hydrogen) atoms. The summed E-state index contributed by atoms with van der Waals surface area (Å²) in [6.45, 7) is 3.10. The highest BCUT2D eigenvalue weighted by molar-refractivity contribution is 6.13. The van der Waals surface area contributed by atoms with Crippen LogP contribution in [0.15, 0.2) is 48.7 Å². The molecule has 0 amide bonds. The fraction of sp³-hybridized carbons (Fsp3) is 0.269. The number of hydrogen-bond donors (Lipinski definition) is 1. The molecule has 0 saturated carbocycles. The first kappa shape index (κ1) is 24.3. The molecule has 0 radical (unpaired) electrons. The van der Waals surface area contributed by atoms with E-state index in [1.54, 1.807) is 44.2 Å². The molecule has 6 nitrogen and oxygen atoms in total. The molecule has 9 heteroatoms. The maximum Gasteiger partial charge on any atom is 0.310 e. The van der Waals surface area contributed by atoms with Crippen LogP contribution in [0, 0.1) is 5.82 Å². The quantitative estimate of drug-likeness (QED) is 0.303. The van der Waals surface area contributed by atoms with Crippen molar-refractivity contribution < 1.29 is 37.3 Å². The van der Waals surface area contributed by atoms with Crippen molar-refractivity contribution >= 4 is 27.5 Å². The van der Waals surface area contributed by atoms with Crippen LogP contribution in [0.4, 0.5) is 13.2 Å². The van der Waals surface area contributed by atoms with Gasteiger partial charge in [0.25, 0.3) is 6.43 Å². The summed E-state index contributed by atoms with van der Waals surface area (Å²) in [6.07, 6.45) is -1.39. The molecule has 4 rings (SSSR count). The zero-order valence-corrected chi connectivity index (χ0v) is 19.2. The number of esters is 1. The third kappa shape index (κ3) is 4.71. The average molecular weight is 487 g/mol. The molecule has 184 valence electrons.